The fourth-order valence-corrected chi connectivity index (χ4v) is 4.66. The zero-order valence-electron chi connectivity index (χ0n) is 18.2. The highest BCUT2D eigenvalue weighted by Gasteiger charge is 2.34. The molecule has 170 valence electrons. The van der Waals surface area contributed by atoms with E-state index in [4.69, 9.17) is 9.94 Å². The standard InChI is InChI=1S/C22H27N5O5/c1-26(2)21(30)20(25-32-12-18(28)29)19-22(31)27(17-9-4-3-8-16(17)24-19)15-10-13-6-5-7-14(11-15)23-13/h3-4,8-9,13-15,23H,5-7,10-12H2,1-2H3,(H,28,29)/b25-20-. The molecule has 2 aromatic rings. The van der Waals surface area contributed by atoms with Crippen LogP contribution >= 0.6 is 0 Å². The quantitative estimate of drug-likeness (QED) is 0.508. The summed E-state index contributed by atoms with van der Waals surface area (Å²) in [5, 5.41) is 16.2. The highest BCUT2D eigenvalue weighted by atomic mass is 16.6. The molecule has 2 atom stereocenters. The number of hydrogen-bond donors (Lipinski definition) is 2. The number of nitrogens with one attached hydrogen (secondary N) is 1. The first-order valence-electron chi connectivity index (χ1n) is 10.8. The van der Waals surface area contributed by atoms with Crippen LogP contribution in [0.15, 0.2) is 34.2 Å². The Morgan fingerprint density at radius 2 is 1.94 bits per heavy atom. The number of amides is 1. The second-order valence-corrected chi connectivity index (χ2v) is 8.55. The monoisotopic (exact) mass is 441 g/mol. The van der Waals surface area contributed by atoms with E-state index < -0.39 is 24.0 Å². The summed E-state index contributed by atoms with van der Waals surface area (Å²) in [5.41, 5.74) is 0.380. The van der Waals surface area contributed by atoms with Gasteiger partial charge in [0.25, 0.3) is 11.5 Å². The van der Waals surface area contributed by atoms with Gasteiger partial charge in [0.15, 0.2) is 11.4 Å². The molecule has 10 heteroatoms. The van der Waals surface area contributed by atoms with Gasteiger partial charge in [-0.1, -0.05) is 23.7 Å². The number of rotatable bonds is 6. The molecule has 2 N–H and O–H groups in total. The van der Waals surface area contributed by atoms with Gasteiger partial charge in [-0.15, -0.1) is 0 Å². The number of para-hydroxylation sites is 2. The molecule has 0 spiro atoms. The number of piperidine rings is 2. The molecule has 2 aliphatic rings. The third kappa shape index (κ3) is 4.36. The van der Waals surface area contributed by atoms with Crippen molar-refractivity contribution < 1.29 is 19.5 Å². The summed E-state index contributed by atoms with van der Waals surface area (Å²) in [6.45, 7) is -0.733. The van der Waals surface area contributed by atoms with Crippen molar-refractivity contribution in [3.63, 3.8) is 0 Å². The zero-order chi connectivity index (χ0) is 22.8. The molecule has 0 saturated carbocycles. The summed E-state index contributed by atoms with van der Waals surface area (Å²) in [6.07, 6.45) is 4.96. The van der Waals surface area contributed by atoms with E-state index >= 15 is 0 Å². The van der Waals surface area contributed by atoms with Gasteiger partial charge in [-0.2, -0.15) is 0 Å². The van der Waals surface area contributed by atoms with Crippen molar-refractivity contribution in [2.75, 3.05) is 20.7 Å². The van der Waals surface area contributed by atoms with Crippen molar-refractivity contribution in [2.24, 2.45) is 5.16 Å². The van der Waals surface area contributed by atoms with Gasteiger partial charge in [0.2, 0.25) is 6.61 Å². The third-order valence-electron chi connectivity index (χ3n) is 6.03. The first-order chi connectivity index (χ1) is 15.3. The van der Waals surface area contributed by atoms with Crippen LogP contribution in [0.25, 0.3) is 11.0 Å². The molecule has 32 heavy (non-hydrogen) atoms. The summed E-state index contributed by atoms with van der Waals surface area (Å²) < 4.78 is 1.74. The highest BCUT2D eigenvalue weighted by molar-refractivity contribution is 6.44. The van der Waals surface area contributed by atoms with Crippen LogP contribution in [0.1, 0.15) is 43.8 Å². The molecular formula is C22H27N5O5. The summed E-state index contributed by atoms with van der Waals surface area (Å²) in [5.74, 6) is -1.83. The molecule has 3 heterocycles. The first-order valence-corrected chi connectivity index (χ1v) is 10.8. The van der Waals surface area contributed by atoms with Crippen molar-refractivity contribution >= 4 is 28.6 Å². The summed E-state index contributed by atoms with van der Waals surface area (Å²) in [7, 11) is 3.03. The van der Waals surface area contributed by atoms with E-state index in [0.717, 1.165) is 25.7 Å². The number of carboxylic acids is 1. The third-order valence-corrected chi connectivity index (χ3v) is 6.03. The largest absolute Gasteiger partial charge is 0.479 e. The van der Waals surface area contributed by atoms with E-state index in [1.54, 1.807) is 10.6 Å². The maximum absolute atomic E-state index is 13.7. The van der Waals surface area contributed by atoms with E-state index in [9.17, 15) is 14.4 Å². The lowest BCUT2D eigenvalue weighted by atomic mass is 9.84. The minimum absolute atomic E-state index is 0.0404. The van der Waals surface area contributed by atoms with E-state index in [1.165, 1.54) is 25.4 Å². The van der Waals surface area contributed by atoms with Crippen LogP contribution in [0.4, 0.5) is 0 Å². The van der Waals surface area contributed by atoms with Crippen molar-refractivity contribution in [3.8, 4) is 0 Å². The van der Waals surface area contributed by atoms with Crippen molar-refractivity contribution in [2.45, 2.75) is 50.2 Å². The molecule has 2 saturated heterocycles. The Balaban J connectivity index is 1.86. The molecule has 1 amide bonds. The molecule has 2 unspecified atom stereocenters. The normalized spacial score (nSPS) is 23.1. The summed E-state index contributed by atoms with van der Waals surface area (Å²) in [4.78, 5) is 47.9. The maximum Gasteiger partial charge on any atom is 0.344 e. The average molecular weight is 441 g/mol. The number of aromatic nitrogens is 2. The molecular weight excluding hydrogens is 414 g/mol. The number of benzene rings is 1. The lowest BCUT2D eigenvalue weighted by Crippen LogP contribution is -2.50. The van der Waals surface area contributed by atoms with E-state index in [0.29, 0.717) is 23.1 Å². The topological polar surface area (TPSA) is 126 Å². The Hall–Kier alpha value is -3.27. The van der Waals surface area contributed by atoms with Gasteiger partial charge < -0.3 is 24.7 Å². The molecule has 4 rings (SSSR count). The van der Waals surface area contributed by atoms with Crippen molar-refractivity contribution in [1.29, 1.82) is 0 Å². The second-order valence-electron chi connectivity index (χ2n) is 8.55. The Morgan fingerprint density at radius 3 is 2.59 bits per heavy atom. The van der Waals surface area contributed by atoms with Crippen molar-refractivity contribution in [3.05, 3.63) is 40.3 Å². The molecule has 0 radical (unpaired) electrons. The van der Waals surface area contributed by atoms with Crippen LogP contribution in [0.3, 0.4) is 0 Å². The minimum atomic E-state index is -1.24. The Kier molecular flexibility index (Phi) is 6.22. The number of carbonyl (C=O) groups is 2. The number of carboxylic acid groups (broad SMARTS) is 1. The zero-order valence-corrected chi connectivity index (χ0v) is 18.2. The predicted octanol–water partition coefficient (Wildman–Crippen LogP) is 1.14. The van der Waals surface area contributed by atoms with Crippen LogP contribution < -0.4 is 10.9 Å². The number of likely N-dealkylation sites (N-methyl/N-ethyl adjacent to an activating group) is 1. The van der Waals surface area contributed by atoms with Gasteiger partial charge in [0.1, 0.15) is 0 Å². The maximum atomic E-state index is 13.7. The van der Waals surface area contributed by atoms with Gasteiger partial charge >= 0.3 is 5.97 Å². The number of aliphatic carboxylic acids is 1. The molecule has 2 aliphatic heterocycles. The summed E-state index contributed by atoms with van der Waals surface area (Å²) in [6, 6.07) is 7.98. The SMILES string of the molecule is CN(C)C(=O)/C(=N\OCC(=O)O)c1nc2ccccc2n(C2CC3CCCC(C2)N3)c1=O. The molecule has 1 aromatic carbocycles. The van der Waals surface area contributed by atoms with Crippen LogP contribution in [0, 0.1) is 0 Å². The number of oxime groups is 1. The van der Waals surface area contributed by atoms with Crippen LogP contribution in [0.2, 0.25) is 0 Å². The Morgan fingerprint density at radius 1 is 1.25 bits per heavy atom. The van der Waals surface area contributed by atoms with Crippen LogP contribution in [-0.2, 0) is 14.4 Å². The van der Waals surface area contributed by atoms with Gasteiger partial charge in [-0.3, -0.25) is 9.59 Å². The van der Waals surface area contributed by atoms with Gasteiger partial charge in [0, 0.05) is 32.2 Å². The van der Waals surface area contributed by atoms with Gasteiger partial charge in [0.05, 0.1) is 11.0 Å². The molecule has 2 fully saturated rings. The van der Waals surface area contributed by atoms with Gasteiger partial charge in [-0.25, -0.2) is 9.78 Å². The predicted molar refractivity (Wildman–Crippen MR) is 118 cm³/mol. The van der Waals surface area contributed by atoms with E-state index in [1.807, 2.05) is 18.2 Å². The van der Waals surface area contributed by atoms with E-state index in [-0.39, 0.29) is 17.4 Å². The number of fused-ring (bicyclic) bond motifs is 3. The number of nitrogens with zero attached hydrogens (tertiary/aromatic N) is 4. The Bertz CT molecular complexity index is 1110. The smallest absolute Gasteiger partial charge is 0.344 e. The molecule has 0 aliphatic carbocycles. The van der Waals surface area contributed by atoms with Crippen LogP contribution in [-0.4, -0.2) is 69.9 Å². The van der Waals surface area contributed by atoms with Gasteiger partial charge in [-0.05, 0) is 37.8 Å². The highest BCUT2D eigenvalue weighted by Crippen LogP contribution is 2.33. The average Bonchev–Trinajstić information content (AvgIpc) is 2.75. The molecule has 2 bridgehead atoms. The number of hydrogen-bond acceptors (Lipinski definition) is 7. The van der Waals surface area contributed by atoms with Crippen molar-refractivity contribution in [1.82, 2.24) is 19.8 Å². The lowest BCUT2D eigenvalue weighted by molar-refractivity contribution is -0.142. The Labute approximate surface area is 184 Å². The minimum Gasteiger partial charge on any atom is -0.479 e. The second kappa shape index (κ2) is 9.07. The lowest BCUT2D eigenvalue weighted by Gasteiger charge is -2.41. The first kappa shape index (κ1) is 21.9. The molecule has 1 aromatic heterocycles. The number of carbonyl (C=O) groups excluding carboxylic acids is 1. The fourth-order valence-electron chi connectivity index (χ4n) is 4.66. The fraction of sp³-hybridized carbons (Fsp3) is 0.500. The summed E-state index contributed by atoms with van der Waals surface area (Å²) >= 11 is 0. The van der Waals surface area contributed by atoms with E-state index in [2.05, 4.69) is 15.5 Å². The van der Waals surface area contributed by atoms with Crippen LogP contribution in [0.5, 0.6) is 0 Å². The molecule has 10 nitrogen and oxygen atoms in total.